The molecule has 0 unspecified atom stereocenters. The lowest BCUT2D eigenvalue weighted by molar-refractivity contribution is -0.127. The minimum absolute atomic E-state index is 0.103. The molecule has 0 aliphatic rings. The first kappa shape index (κ1) is 16.3. The minimum Gasteiger partial charge on any atom is -0.467 e. The molecular formula is C17H18ClNO3. The number of amides is 1. The quantitative estimate of drug-likeness (QED) is 0.732. The molecule has 4 nitrogen and oxygen atoms in total. The van der Waals surface area contributed by atoms with E-state index in [2.05, 4.69) is 0 Å². The highest BCUT2D eigenvalue weighted by Gasteiger charge is 2.12. The third-order valence-corrected chi connectivity index (χ3v) is 3.31. The molecule has 1 heterocycles. The Hall–Kier alpha value is -2.04. The van der Waals surface area contributed by atoms with E-state index in [4.69, 9.17) is 20.8 Å². The molecule has 1 aromatic heterocycles. The van der Waals surface area contributed by atoms with Crippen molar-refractivity contribution in [3.8, 4) is 0 Å². The van der Waals surface area contributed by atoms with Crippen LogP contribution in [-0.2, 0) is 16.1 Å². The van der Waals surface area contributed by atoms with Crippen LogP contribution in [0, 0.1) is 0 Å². The summed E-state index contributed by atoms with van der Waals surface area (Å²) >= 11 is 5.93. The zero-order valence-electron chi connectivity index (χ0n) is 12.4. The zero-order valence-corrected chi connectivity index (χ0v) is 13.1. The second-order valence-corrected chi connectivity index (χ2v) is 5.16. The predicted molar refractivity (Wildman–Crippen MR) is 86.5 cm³/mol. The Morgan fingerprint density at radius 3 is 2.91 bits per heavy atom. The first-order chi connectivity index (χ1) is 10.7. The van der Waals surface area contributed by atoms with E-state index in [1.165, 1.54) is 6.08 Å². The van der Waals surface area contributed by atoms with Crippen molar-refractivity contribution in [3.63, 3.8) is 0 Å². The molecule has 5 heteroatoms. The van der Waals surface area contributed by atoms with Crippen LogP contribution in [0.3, 0.4) is 0 Å². The maximum Gasteiger partial charge on any atom is 0.247 e. The van der Waals surface area contributed by atoms with Gasteiger partial charge in [-0.25, -0.2) is 0 Å². The number of halogens is 1. The van der Waals surface area contributed by atoms with Crippen molar-refractivity contribution < 1.29 is 13.9 Å². The molecular weight excluding hydrogens is 302 g/mol. The zero-order chi connectivity index (χ0) is 15.8. The second kappa shape index (κ2) is 8.41. The average Bonchev–Trinajstić information content (AvgIpc) is 3.02. The molecule has 0 atom stereocenters. The van der Waals surface area contributed by atoms with Gasteiger partial charge in [-0.2, -0.15) is 0 Å². The van der Waals surface area contributed by atoms with Crippen molar-refractivity contribution in [2.24, 2.45) is 0 Å². The molecule has 116 valence electrons. The number of furan rings is 1. The monoisotopic (exact) mass is 319 g/mol. The molecule has 2 aromatic rings. The number of ether oxygens (including phenoxy) is 1. The molecule has 0 aliphatic carbocycles. The van der Waals surface area contributed by atoms with Crippen LogP contribution >= 0.6 is 11.6 Å². The Morgan fingerprint density at radius 1 is 1.36 bits per heavy atom. The summed E-state index contributed by atoms with van der Waals surface area (Å²) < 4.78 is 10.4. The lowest BCUT2D eigenvalue weighted by Crippen LogP contribution is -2.31. The van der Waals surface area contributed by atoms with Gasteiger partial charge in [0.1, 0.15) is 5.76 Å². The van der Waals surface area contributed by atoms with Crippen LogP contribution in [0.5, 0.6) is 0 Å². The molecule has 0 fully saturated rings. The number of nitrogens with zero attached hydrogens (tertiary/aromatic N) is 1. The summed E-state index contributed by atoms with van der Waals surface area (Å²) in [6.45, 7) is 1.38. The Morgan fingerprint density at radius 2 is 2.23 bits per heavy atom. The Balaban J connectivity index is 2.04. The van der Waals surface area contributed by atoms with Crippen LogP contribution in [0.4, 0.5) is 0 Å². The fraction of sp³-hybridized carbons (Fsp3) is 0.235. The third kappa shape index (κ3) is 5.06. The minimum atomic E-state index is -0.103. The van der Waals surface area contributed by atoms with Gasteiger partial charge in [0.05, 0.1) is 19.4 Å². The first-order valence-corrected chi connectivity index (χ1v) is 7.30. The van der Waals surface area contributed by atoms with E-state index in [1.807, 2.05) is 18.2 Å². The molecule has 0 spiro atoms. The van der Waals surface area contributed by atoms with Crippen molar-refractivity contribution >= 4 is 23.6 Å². The molecule has 0 N–H and O–H groups in total. The summed E-state index contributed by atoms with van der Waals surface area (Å²) in [6.07, 6.45) is 4.87. The van der Waals surface area contributed by atoms with E-state index in [0.29, 0.717) is 24.7 Å². The average molecular weight is 320 g/mol. The number of hydrogen-bond donors (Lipinski definition) is 0. The van der Waals surface area contributed by atoms with Crippen molar-refractivity contribution in [3.05, 3.63) is 65.1 Å². The van der Waals surface area contributed by atoms with Gasteiger partial charge in [-0.3, -0.25) is 4.79 Å². The molecule has 2 rings (SSSR count). The van der Waals surface area contributed by atoms with Crippen LogP contribution in [-0.4, -0.2) is 31.1 Å². The van der Waals surface area contributed by atoms with Crippen LogP contribution < -0.4 is 0 Å². The van der Waals surface area contributed by atoms with Crippen molar-refractivity contribution in [1.29, 1.82) is 0 Å². The largest absolute Gasteiger partial charge is 0.467 e. The highest BCUT2D eigenvalue weighted by molar-refractivity contribution is 6.30. The van der Waals surface area contributed by atoms with Crippen molar-refractivity contribution in [2.75, 3.05) is 20.3 Å². The van der Waals surface area contributed by atoms with Gasteiger partial charge in [0, 0.05) is 24.8 Å². The van der Waals surface area contributed by atoms with Gasteiger partial charge >= 0.3 is 0 Å². The molecule has 0 saturated heterocycles. The third-order valence-electron chi connectivity index (χ3n) is 3.07. The predicted octanol–water partition coefficient (Wildman–Crippen LogP) is 3.62. The Kier molecular flexibility index (Phi) is 6.25. The van der Waals surface area contributed by atoms with E-state index < -0.39 is 0 Å². The number of carbonyl (C=O) groups is 1. The Bertz CT molecular complexity index is 623. The van der Waals surface area contributed by atoms with Gasteiger partial charge in [-0.1, -0.05) is 23.7 Å². The Labute approximate surface area is 134 Å². The normalized spacial score (nSPS) is 11.0. The van der Waals surface area contributed by atoms with E-state index in [9.17, 15) is 4.79 Å². The summed E-state index contributed by atoms with van der Waals surface area (Å²) in [6, 6.07) is 11.0. The fourth-order valence-corrected chi connectivity index (χ4v) is 2.14. The van der Waals surface area contributed by atoms with E-state index >= 15 is 0 Å². The molecule has 1 amide bonds. The van der Waals surface area contributed by atoms with E-state index in [0.717, 1.165) is 11.3 Å². The fourth-order valence-electron chi connectivity index (χ4n) is 1.94. The maximum atomic E-state index is 12.3. The number of carbonyl (C=O) groups excluding carboxylic acids is 1. The SMILES string of the molecule is COCCN(Cc1ccco1)C(=O)/C=C/c1cccc(Cl)c1. The molecule has 0 bridgehead atoms. The second-order valence-electron chi connectivity index (χ2n) is 4.72. The van der Waals surface area contributed by atoms with Gasteiger partial charge in [0.15, 0.2) is 0 Å². The van der Waals surface area contributed by atoms with E-state index in [1.54, 1.807) is 42.5 Å². The summed E-state index contributed by atoms with van der Waals surface area (Å²) in [5, 5.41) is 0.640. The van der Waals surface area contributed by atoms with Gasteiger partial charge < -0.3 is 14.1 Å². The smallest absolute Gasteiger partial charge is 0.247 e. The molecule has 0 radical (unpaired) electrons. The van der Waals surface area contributed by atoms with Crippen LogP contribution in [0.25, 0.3) is 6.08 Å². The van der Waals surface area contributed by atoms with E-state index in [-0.39, 0.29) is 5.91 Å². The van der Waals surface area contributed by atoms with Crippen molar-refractivity contribution in [1.82, 2.24) is 4.90 Å². The first-order valence-electron chi connectivity index (χ1n) is 6.93. The molecule has 1 aromatic carbocycles. The highest BCUT2D eigenvalue weighted by atomic mass is 35.5. The van der Waals surface area contributed by atoms with Crippen LogP contribution in [0.15, 0.2) is 53.2 Å². The topological polar surface area (TPSA) is 42.7 Å². The van der Waals surface area contributed by atoms with Gasteiger partial charge in [-0.15, -0.1) is 0 Å². The van der Waals surface area contributed by atoms with Crippen molar-refractivity contribution in [2.45, 2.75) is 6.54 Å². The summed E-state index contributed by atoms with van der Waals surface area (Å²) in [5.74, 6) is 0.633. The summed E-state index contributed by atoms with van der Waals surface area (Å²) in [4.78, 5) is 14.0. The number of benzene rings is 1. The highest BCUT2D eigenvalue weighted by Crippen LogP contribution is 2.12. The standard InChI is InChI=1S/C17H18ClNO3/c1-21-11-9-19(13-16-6-3-10-22-16)17(20)8-7-14-4-2-5-15(18)12-14/h2-8,10,12H,9,11,13H2,1H3/b8-7+. The van der Waals surface area contributed by atoms with Gasteiger partial charge in [-0.05, 0) is 35.9 Å². The molecule has 22 heavy (non-hydrogen) atoms. The molecule has 0 aliphatic heterocycles. The molecule has 0 saturated carbocycles. The lowest BCUT2D eigenvalue weighted by Gasteiger charge is -2.19. The summed E-state index contributed by atoms with van der Waals surface area (Å²) in [7, 11) is 1.61. The van der Waals surface area contributed by atoms with Crippen LogP contribution in [0.2, 0.25) is 5.02 Å². The number of methoxy groups -OCH3 is 1. The van der Waals surface area contributed by atoms with Gasteiger partial charge in [0.2, 0.25) is 5.91 Å². The summed E-state index contributed by atoms with van der Waals surface area (Å²) in [5.41, 5.74) is 0.880. The van der Waals surface area contributed by atoms with Crippen LogP contribution in [0.1, 0.15) is 11.3 Å². The van der Waals surface area contributed by atoms with Gasteiger partial charge in [0.25, 0.3) is 0 Å². The lowest BCUT2D eigenvalue weighted by atomic mass is 10.2. The maximum absolute atomic E-state index is 12.3. The number of hydrogen-bond acceptors (Lipinski definition) is 3. The number of rotatable bonds is 7.